The number of sulfonamides is 1. The third kappa shape index (κ3) is 3.98. The van der Waals surface area contributed by atoms with Gasteiger partial charge in [0.15, 0.2) is 0 Å². The number of methoxy groups -OCH3 is 1. The van der Waals surface area contributed by atoms with Gasteiger partial charge in [0.2, 0.25) is 21.7 Å². The third-order valence-electron chi connectivity index (χ3n) is 4.13. The normalized spacial score (nSPS) is 11.7. The molecule has 0 fully saturated rings. The summed E-state index contributed by atoms with van der Waals surface area (Å²) in [6, 6.07) is 8.09. The highest BCUT2D eigenvalue weighted by Gasteiger charge is 2.27. The molecule has 0 saturated carbocycles. The summed E-state index contributed by atoms with van der Waals surface area (Å²) in [4.78, 5) is 17.0. The zero-order valence-electron chi connectivity index (χ0n) is 15.6. The van der Waals surface area contributed by atoms with E-state index in [1.54, 1.807) is 19.9 Å². The average Bonchev–Trinajstić information content (AvgIpc) is 3.37. The molecule has 0 amide bonds. The molecule has 2 heterocycles. The summed E-state index contributed by atoms with van der Waals surface area (Å²) in [5.74, 6) is 0.0194. The van der Waals surface area contributed by atoms with Crippen LogP contribution in [0.2, 0.25) is 0 Å². The van der Waals surface area contributed by atoms with Crippen molar-refractivity contribution >= 4 is 27.3 Å². The molecule has 0 bridgehead atoms. The van der Waals surface area contributed by atoms with Gasteiger partial charge in [-0.15, -0.1) is 11.3 Å². The molecule has 3 rings (SSSR count). The quantitative estimate of drug-likeness (QED) is 0.540. The van der Waals surface area contributed by atoms with Gasteiger partial charge < -0.3 is 9.26 Å². The summed E-state index contributed by atoms with van der Waals surface area (Å²) in [6.45, 7) is 3.55. The van der Waals surface area contributed by atoms with Gasteiger partial charge in [-0.25, -0.2) is 13.2 Å². The number of carbonyl (C=O) groups is 1. The van der Waals surface area contributed by atoms with Gasteiger partial charge in [-0.2, -0.15) is 9.29 Å². The molecule has 148 valence electrons. The van der Waals surface area contributed by atoms with Crippen molar-refractivity contribution < 1.29 is 22.5 Å². The lowest BCUT2D eigenvalue weighted by molar-refractivity contribution is 0.0599. The lowest BCUT2D eigenvalue weighted by Crippen LogP contribution is -2.30. The minimum atomic E-state index is -3.87. The Balaban J connectivity index is 1.88. The molecule has 0 aliphatic rings. The Morgan fingerprint density at radius 3 is 2.75 bits per heavy atom. The molecule has 0 atom stereocenters. The summed E-state index contributed by atoms with van der Waals surface area (Å²) in [5, 5.41) is 5.80. The van der Waals surface area contributed by atoms with Crippen LogP contribution in [0.25, 0.3) is 10.7 Å². The van der Waals surface area contributed by atoms with E-state index in [-0.39, 0.29) is 29.4 Å². The minimum Gasteiger partial charge on any atom is -0.465 e. The van der Waals surface area contributed by atoms with Gasteiger partial charge in [0.25, 0.3) is 0 Å². The lowest BCUT2D eigenvalue weighted by Gasteiger charge is -2.19. The van der Waals surface area contributed by atoms with Crippen LogP contribution in [0.15, 0.2) is 45.1 Å². The van der Waals surface area contributed by atoms with E-state index in [0.717, 1.165) is 4.88 Å². The predicted octanol–water partition coefficient (Wildman–Crippen LogP) is 3.10. The van der Waals surface area contributed by atoms with Crippen LogP contribution in [0.5, 0.6) is 0 Å². The smallest absolute Gasteiger partial charge is 0.338 e. The molecule has 0 aliphatic heterocycles. The topological polar surface area (TPSA) is 103 Å². The number of aromatic nitrogens is 2. The highest BCUT2D eigenvalue weighted by molar-refractivity contribution is 7.89. The first-order valence-electron chi connectivity index (χ1n) is 8.42. The zero-order chi connectivity index (χ0) is 20.3. The minimum absolute atomic E-state index is 0.00153. The summed E-state index contributed by atoms with van der Waals surface area (Å²) in [5.41, 5.74) is 0.837. The van der Waals surface area contributed by atoms with Crippen molar-refractivity contribution in [2.45, 2.75) is 25.3 Å². The molecule has 8 nitrogen and oxygen atoms in total. The molecular weight excluding hydrogens is 402 g/mol. The molecule has 0 saturated heterocycles. The molecule has 0 N–H and O–H groups in total. The van der Waals surface area contributed by atoms with Crippen LogP contribution < -0.4 is 0 Å². The van der Waals surface area contributed by atoms with E-state index in [9.17, 15) is 13.2 Å². The third-order valence-corrected chi connectivity index (χ3v) is 6.91. The highest BCUT2D eigenvalue weighted by atomic mass is 32.2. The number of ether oxygens (including phenoxy) is 1. The number of nitrogens with zero attached hydrogens (tertiary/aromatic N) is 3. The first kappa shape index (κ1) is 20.2. The van der Waals surface area contributed by atoms with Crippen molar-refractivity contribution in [1.29, 1.82) is 0 Å². The molecule has 0 aliphatic carbocycles. The predicted molar refractivity (Wildman–Crippen MR) is 103 cm³/mol. The van der Waals surface area contributed by atoms with Gasteiger partial charge in [0.1, 0.15) is 0 Å². The van der Waals surface area contributed by atoms with Crippen LogP contribution in [-0.4, -0.2) is 42.5 Å². The molecule has 0 spiro atoms. The fraction of sp³-hybridized carbons (Fsp3) is 0.278. The fourth-order valence-corrected chi connectivity index (χ4v) is 4.66. The van der Waals surface area contributed by atoms with Crippen LogP contribution >= 0.6 is 11.3 Å². The number of thiophene rings is 1. The van der Waals surface area contributed by atoms with E-state index in [1.165, 1.54) is 34.9 Å². The standard InChI is InChI=1S/C18H19N3O5S2/c1-4-21(11-16-19-17(20-26-16)15-6-5-9-27-15)28(23,24)13-8-7-12(2)14(10-13)18(22)25-3/h5-10H,4,11H2,1-3H3. The number of carbonyl (C=O) groups excluding carboxylic acids is 1. The van der Waals surface area contributed by atoms with Gasteiger partial charge >= 0.3 is 5.97 Å². The van der Waals surface area contributed by atoms with Crippen molar-refractivity contribution in [1.82, 2.24) is 14.4 Å². The van der Waals surface area contributed by atoms with Gasteiger partial charge in [-0.3, -0.25) is 0 Å². The van der Waals surface area contributed by atoms with Crippen LogP contribution in [0.3, 0.4) is 0 Å². The summed E-state index contributed by atoms with van der Waals surface area (Å²) in [6.07, 6.45) is 0. The Morgan fingerprint density at radius 1 is 1.32 bits per heavy atom. The molecule has 2 aromatic heterocycles. The Bertz CT molecular complexity index is 1070. The van der Waals surface area contributed by atoms with Gasteiger partial charge in [0.05, 0.1) is 29.0 Å². The van der Waals surface area contributed by atoms with Gasteiger partial charge in [-0.1, -0.05) is 24.2 Å². The average molecular weight is 422 g/mol. The van der Waals surface area contributed by atoms with E-state index in [1.807, 2.05) is 17.5 Å². The van der Waals surface area contributed by atoms with Crippen LogP contribution in [-0.2, 0) is 21.3 Å². The Hall–Kier alpha value is -2.56. The molecule has 10 heteroatoms. The van der Waals surface area contributed by atoms with E-state index < -0.39 is 16.0 Å². The number of esters is 1. The van der Waals surface area contributed by atoms with Crippen LogP contribution in [0, 0.1) is 6.92 Å². The maximum atomic E-state index is 13.1. The molecule has 28 heavy (non-hydrogen) atoms. The number of rotatable bonds is 7. The molecule has 1 aromatic carbocycles. The van der Waals surface area contributed by atoms with Gasteiger partial charge in [-0.05, 0) is 36.1 Å². The summed E-state index contributed by atoms with van der Waals surface area (Å²) >= 11 is 1.46. The molecule has 3 aromatic rings. The highest BCUT2D eigenvalue weighted by Crippen LogP contribution is 2.24. The number of hydrogen-bond acceptors (Lipinski definition) is 8. The van der Waals surface area contributed by atoms with Crippen LogP contribution in [0.4, 0.5) is 0 Å². The number of benzene rings is 1. The summed E-state index contributed by atoms with van der Waals surface area (Å²) < 4.78 is 37.3. The van der Waals surface area contributed by atoms with E-state index in [2.05, 4.69) is 10.1 Å². The molecular formula is C18H19N3O5S2. The second kappa shape index (κ2) is 8.21. The maximum Gasteiger partial charge on any atom is 0.338 e. The monoisotopic (exact) mass is 421 g/mol. The Morgan fingerprint density at radius 2 is 2.11 bits per heavy atom. The van der Waals surface area contributed by atoms with E-state index in [0.29, 0.717) is 11.4 Å². The first-order valence-corrected chi connectivity index (χ1v) is 10.7. The van der Waals surface area contributed by atoms with Crippen molar-refractivity contribution in [3.63, 3.8) is 0 Å². The second-order valence-corrected chi connectivity index (χ2v) is 8.77. The Labute approximate surface area is 166 Å². The Kier molecular flexibility index (Phi) is 5.92. The molecule has 0 radical (unpaired) electrons. The van der Waals surface area contributed by atoms with Crippen molar-refractivity contribution in [3.8, 4) is 10.7 Å². The first-order chi connectivity index (χ1) is 13.4. The fourth-order valence-electron chi connectivity index (χ4n) is 2.58. The van der Waals surface area contributed by atoms with Gasteiger partial charge in [0, 0.05) is 6.54 Å². The van der Waals surface area contributed by atoms with Crippen molar-refractivity contribution in [2.75, 3.05) is 13.7 Å². The van der Waals surface area contributed by atoms with Crippen LogP contribution in [0.1, 0.15) is 28.7 Å². The van der Waals surface area contributed by atoms with Crippen molar-refractivity contribution in [2.24, 2.45) is 0 Å². The van der Waals surface area contributed by atoms with Crippen molar-refractivity contribution in [3.05, 3.63) is 52.7 Å². The molecule has 0 unspecified atom stereocenters. The SMILES string of the molecule is CCN(Cc1nc(-c2cccs2)no1)S(=O)(=O)c1ccc(C)c(C(=O)OC)c1. The zero-order valence-corrected chi connectivity index (χ0v) is 17.2. The lowest BCUT2D eigenvalue weighted by atomic mass is 10.1. The summed E-state index contributed by atoms with van der Waals surface area (Å²) in [7, 11) is -2.62. The maximum absolute atomic E-state index is 13.1. The van der Waals surface area contributed by atoms with E-state index >= 15 is 0 Å². The second-order valence-electron chi connectivity index (χ2n) is 5.89. The number of aryl methyl sites for hydroxylation is 1. The largest absolute Gasteiger partial charge is 0.465 e. The number of hydrogen-bond donors (Lipinski definition) is 0. The van der Waals surface area contributed by atoms with E-state index in [4.69, 9.17) is 9.26 Å².